The lowest BCUT2D eigenvalue weighted by molar-refractivity contribution is -0.153. The zero-order valence-electron chi connectivity index (χ0n) is 12.5. The van der Waals surface area contributed by atoms with Crippen molar-refractivity contribution >= 4 is 22.6 Å². The minimum absolute atomic E-state index is 0.0856. The van der Waals surface area contributed by atoms with Crippen LogP contribution in [-0.4, -0.2) is 51.1 Å². The Morgan fingerprint density at radius 2 is 1.89 bits per heavy atom. The molecule has 4 unspecified atom stereocenters. The second-order valence-corrected chi connectivity index (χ2v) is 7.80. The van der Waals surface area contributed by atoms with E-state index in [1.165, 1.54) is 0 Å². The van der Waals surface area contributed by atoms with Gasteiger partial charge in [-0.1, -0.05) is 20.8 Å². The van der Waals surface area contributed by atoms with Crippen LogP contribution in [0.2, 0.25) is 0 Å². The third-order valence-corrected chi connectivity index (χ3v) is 4.35. The molecular formula is C13H24N2O3S. The van der Waals surface area contributed by atoms with Crippen molar-refractivity contribution in [3.05, 3.63) is 0 Å². The van der Waals surface area contributed by atoms with Crippen LogP contribution < -0.4 is 5.32 Å². The van der Waals surface area contributed by atoms with Gasteiger partial charge in [-0.05, 0) is 19.3 Å². The van der Waals surface area contributed by atoms with Gasteiger partial charge < -0.3 is 10.2 Å². The molecule has 1 aliphatic rings. The molecule has 0 saturated carbocycles. The number of hydrogen-bond acceptors (Lipinski definition) is 3. The fourth-order valence-electron chi connectivity index (χ4n) is 2.40. The lowest BCUT2D eigenvalue weighted by atomic mass is 9.83. The molecule has 110 valence electrons. The van der Waals surface area contributed by atoms with Crippen LogP contribution in [-0.2, 0) is 20.4 Å². The maximum atomic E-state index is 12.6. The molecule has 1 N–H and O–H groups in total. The van der Waals surface area contributed by atoms with E-state index < -0.39 is 22.9 Å². The van der Waals surface area contributed by atoms with E-state index in [-0.39, 0.29) is 23.3 Å². The highest BCUT2D eigenvalue weighted by molar-refractivity contribution is 7.84. The molecule has 1 heterocycles. The van der Waals surface area contributed by atoms with Crippen LogP contribution in [0.25, 0.3) is 0 Å². The average Bonchev–Trinajstić information content (AvgIpc) is 2.20. The molecule has 0 radical (unpaired) electrons. The molecule has 4 atom stereocenters. The van der Waals surface area contributed by atoms with E-state index in [0.29, 0.717) is 5.75 Å². The number of amides is 2. The largest absolute Gasteiger partial charge is 0.342 e. The lowest BCUT2D eigenvalue weighted by Gasteiger charge is -2.44. The van der Waals surface area contributed by atoms with Gasteiger partial charge in [0.25, 0.3) is 0 Å². The Morgan fingerprint density at radius 3 is 2.32 bits per heavy atom. The molecule has 0 aromatic rings. The van der Waals surface area contributed by atoms with Gasteiger partial charge in [-0.2, -0.15) is 0 Å². The van der Waals surface area contributed by atoms with E-state index in [4.69, 9.17) is 0 Å². The first-order chi connectivity index (χ1) is 8.55. The highest BCUT2D eigenvalue weighted by Crippen LogP contribution is 2.26. The van der Waals surface area contributed by atoms with Crippen molar-refractivity contribution in [1.29, 1.82) is 0 Å². The van der Waals surface area contributed by atoms with Gasteiger partial charge in [-0.3, -0.25) is 13.8 Å². The molecule has 0 aromatic heterocycles. The van der Waals surface area contributed by atoms with Crippen LogP contribution in [0.15, 0.2) is 0 Å². The predicted octanol–water partition coefficient (Wildman–Crippen LogP) is 0.515. The molecule has 0 aliphatic carbocycles. The Hall–Kier alpha value is -0.910. The quantitative estimate of drug-likeness (QED) is 0.823. The second kappa shape index (κ2) is 5.61. The van der Waals surface area contributed by atoms with E-state index in [1.807, 2.05) is 27.7 Å². The maximum absolute atomic E-state index is 12.6. The maximum Gasteiger partial charge on any atom is 0.246 e. The van der Waals surface area contributed by atoms with Gasteiger partial charge in [0.1, 0.15) is 12.1 Å². The van der Waals surface area contributed by atoms with Crippen molar-refractivity contribution in [1.82, 2.24) is 10.2 Å². The second-order valence-electron chi connectivity index (χ2n) is 6.32. The zero-order valence-corrected chi connectivity index (χ0v) is 13.3. The van der Waals surface area contributed by atoms with Gasteiger partial charge in [0, 0.05) is 28.9 Å². The van der Waals surface area contributed by atoms with Crippen LogP contribution in [0.5, 0.6) is 0 Å². The summed E-state index contributed by atoms with van der Waals surface area (Å²) in [6.45, 7) is 9.32. The molecule has 0 aromatic carbocycles. The number of carbonyl (C=O) groups excluding carboxylic acids is 2. The summed E-state index contributed by atoms with van der Waals surface area (Å²) in [5.41, 5.74) is -0.337. The van der Waals surface area contributed by atoms with Gasteiger partial charge in [0.05, 0.1) is 0 Å². The third-order valence-electron chi connectivity index (χ3n) is 3.40. The molecule has 1 aliphatic heterocycles. The number of piperazine rings is 1. The lowest BCUT2D eigenvalue weighted by Crippen LogP contribution is -2.67. The monoisotopic (exact) mass is 288 g/mol. The number of rotatable bonds is 3. The number of nitrogens with one attached hydrogen (secondary N) is 1. The van der Waals surface area contributed by atoms with Crippen LogP contribution in [0.4, 0.5) is 0 Å². The summed E-state index contributed by atoms with van der Waals surface area (Å²) in [5.74, 6) is 0.158. The van der Waals surface area contributed by atoms with E-state index >= 15 is 0 Å². The van der Waals surface area contributed by atoms with E-state index in [0.717, 1.165) is 0 Å². The molecule has 5 nitrogen and oxygen atoms in total. The van der Waals surface area contributed by atoms with Gasteiger partial charge >= 0.3 is 0 Å². The molecule has 19 heavy (non-hydrogen) atoms. The van der Waals surface area contributed by atoms with Crippen molar-refractivity contribution < 1.29 is 13.8 Å². The summed E-state index contributed by atoms with van der Waals surface area (Å²) >= 11 is 0. The molecule has 6 heteroatoms. The zero-order chi connectivity index (χ0) is 15.0. The number of hydrogen-bond donors (Lipinski definition) is 1. The van der Waals surface area contributed by atoms with Crippen LogP contribution in [0.1, 0.15) is 34.6 Å². The van der Waals surface area contributed by atoms with E-state index in [2.05, 4.69) is 5.32 Å². The summed E-state index contributed by atoms with van der Waals surface area (Å²) < 4.78 is 11.3. The van der Waals surface area contributed by atoms with Crippen molar-refractivity contribution in [2.45, 2.75) is 52.7 Å². The van der Waals surface area contributed by atoms with Crippen molar-refractivity contribution in [2.24, 2.45) is 5.41 Å². The van der Waals surface area contributed by atoms with Gasteiger partial charge in [-0.15, -0.1) is 0 Å². The predicted molar refractivity (Wildman–Crippen MR) is 76.1 cm³/mol. The smallest absolute Gasteiger partial charge is 0.246 e. The van der Waals surface area contributed by atoms with Crippen molar-refractivity contribution in [2.75, 3.05) is 12.0 Å². The molecule has 1 rings (SSSR count). The molecule has 0 spiro atoms. The summed E-state index contributed by atoms with van der Waals surface area (Å²) in [7, 11) is -0.996. The first-order valence-corrected chi connectivity index (χ1v) is 8.21. The summed E-state index contributed by atoms with van der Waals surface area (Å²) in [5, 5.41) is 2.79. The normalized spacial score (nSPS) is 28.0. The van der Waals surface area contributed by atoms with Crippen LogP contribution in [0, 0.1) is 5.41 Å². The Kier molecular flexibility index (Phi) is 4.76. The molecule has 2 amide bonds. The first-order valence-electron chi connectivity index (χ1n) is 6.48. The Bertz CT molecular complexity index is 403. The number of nitrogens with zero attached hydrogens (tertiary/aromatic N) is 1. The van der Waals surface area contributed by atoms with E-state index in [1.54, 1.807) is 18.1 Å². The fraction of sp³-hybridized carbons (Fsp3) is 0.846. The molecule has 1 fully saturated rings. The molecule has 1 saturated heterocycles. The van der Waals surface area contributed by atoms with Crippen LogP contribution in [0.3, 0.4) is 0 Å². The third kappa shape index (κ3) is 3.55. The fourth-order valence-corrected chi connectivity index (χ4v) is 3.24. The van der Waals surface area contributed by atoms with Crippen molar-refractivity contribution in [3.8, 4) is 0 Å². The van der Waals surface area contributed by atoms with Gasteiger partial charge in [0.2, 0.25) is 11.8 Å². The van der Waals surface area contributed by atoms with Gasteiger partial charge in [0.15, 0.2) is 0 Å². The summed E-state index contributed by atoms with van der Waals surface area (Å²) in [4.78, 5) is 26.2. The Morgan fingerprint density at radius 1 is 1.37 bits per heavy atom. The van der Waals surface area contributed by atoms with Crippen LogP contribution >= 0.6 is 0 Å². The topological polar surface area (TPSA) is 66.5 Å². The minimum atomic E-state index is -0.996. The van der Waals surface area contributed by atoms with E-state index in [9.17, 15) is 13.8 Å². The molecule has 0 bridgehead atoms. The highest BCUT2D eigenvalue weighted by Gasteiger charge is 2.45. The Labute approximate surface area is 117 Å². The summed E-state index contributed by atoms with van der Waals surface area (Å²) in [6, 6.07) is -1.24. The minimum Gasteiger partial charge on any atom is -0.342 e. The number of carbonyl (C=O) groups is 2. The standard InChI is InChI=1S/C13H24N2O3S/c1-8(7-19(6)18)15-9(2)11(16)14-10(12(15)17)13(3,4)5/h8-10H,7H2,1-6H3,(H,14,16). The van der Waals surface area contributed by atoms with Crippen molar-refractivity contribution in [3.63, 3.8) is 0 Å². The average molecular weight is 288 g/mol. The Balaban J connectivity index is 3.03. The molecular weight excluding hydrogens is 264 g/mol. The SMILES string of the molecule is CC(CS(C)=O)N1C(=O)C(C(C)(C)C)NC(=O)C1C. The highest BCUT2D eigenvalue weighted by atomic mass is 32.2. The van der Waals surface area contributed by atoms with Gasteiger partial charge in [-0.25, -0.2) is 0 Å². The first kappa shape index (κ1) is 16.1. The summed E-state index contributed by atoms with van der Waals surface area (Å²) in [6.07, 6.45) is 1.61.